The quantitative estimate of drug-likeness (QED) is 0.859. The van der Waals surface area contributed by atoms with Crippen LogP contribution >= 0.6 is 11.3 Å². The largest absolute Gasteiger partial charge is 0.351 e. The van der Waals surface area contributed by atoms with Crippen LogP contribution < -0.4 is 5.32 Å². The first kappa shape index (κ1) is 17.0. The summed E-state index contributed by atoms with van der Waals surface area (Å²) in [6, 6.07) is 4.13. The molecule has 0 aromatic carbocycles. The Hall–Kier alpha value is -0.870. The van der Waals surface area contributed by atoms with E-state index in [2.05, 4.69) is 35.5 Å². The van der Waals surface area contributed by atoms with Crippen LogP contribution in [0.5, 0.6) is 0 Å². The van der Waals surface area contributed by atoms with Gasteiger partial charge in [-0.05, 0) is 48.0 Å². The first-order chi connectivity index (χ1) is 11.1. The van der Waals surface area contributed by atoms with E-state index < -0.39 is 0 Å². The zero-order valence-corrected chi connectivity index (χ0v) is 15.3. The Labute approximate surface area is 144 Å². The third kappa shape index (κ3) is 4.57. The molecule has 0 radical (unpaired) electrons. The number of hydrogen-bond donors (Lipinski definition) is 1. The van der Waals surface area contributed by atoms with Crippen molar-refractivity contribution in [1.82, 2.24) is 10.2 Å². The maximum atomic E-state index is 12.4. The first-order valence-corrected chi connectivity index (χ1v) is 10.0. The van der Waals surface area contributed by atoms with Gasteiger partial charge in [-0.3, -0.25) is 4.79 Å². The lowest BCUT2D eigenvalue weighted by atomic mass is 9.67. The topological polar surface area (TPSA) is 32.3 Å². The second kappa shape index (κ2) is 7.80. The van der Waals surface area contributed by atoms with Crippen molar-refractivity contribution in [1.29, 1.82) is 0 Å². The third-order valence-electron chi connectivity index (χ3n) is 5.43. The highest BCUT2D eigenvalue weighted by atomic mass is 32.1. The van der Waals surface area contributed by atoms with Crippen LogP contribution in [-0.4, -0.2) is 30.4 Å². The number of amides is 1. The van der Waals surface area contributed by atoms with Gasteiger partial charge in [-0.2, -0.15) is 0 Å². The molecule has 4 heteroatoms. The maximum Gasteiger partial charge on any atom is 0.220 e. The van der Waals surface area contributed by atoms with Crippen molar-refractivity contribution in [2.45, 2.75) is 46.1 Å². The molecule has 1 saturated carbocycles. The van der Waals surface area contributed by atoms with E-state index in [-0.39, 0.29) is 5.91 Å². The number of fused-ring (bicyclic) bond motifs is 2. The summed E-state index contributed by atoms with van der Waals surface area (Å²) >= 11 is 1.71. The lowest BCUT2D eigenvalue weighted by molar-refractivity contribution is -0.124. The fourth-order valence-electron chi connectivity index (χ4n) is 4.53. The van der Waals surface area contributed by atoms with Crippen molar-refractivity contribution in [3.05, 3.63) is 22.4 Å². The molecule has 1 amide bonds. The molecule has 3 nitrogen and oxygen atoms in total. The van der Waals surface area contributed by atoms with Crippen LogP contribution in [0.2, 0.25) is 0 Å². The van der Waals surface area contributed by atoms with E-state index in [4.69, 9.17) is 0 Å². The minimum absolute atomic E-state index is 0.248. The van der Waals surface area contributed by atoms with Gasteiger partial charge in [0.2, 0.25) is 5.91 Å². The maximum absolute atomic E-state index is 12.4. The average molecular weight is 335 g/mol. The van der Waals surface area contributed by atoms with Crippen LogP contribution in [0.4, 0.5) is 0 Å². The van der Waals surface area contributed by atoms with Crippen molar-refractivity contribution in [2.24, 2.45) is 23.7 Å². The second-order valence-electron chi connectivity index (χ2n) is 7.79. The molecule has 2 unspecified atom stereocenters. The SMILES string of the molecule is CC(C)CN1CC2CCCC(C1)C2CC(=O)NCc1cccs1. The second-order valence-corrected chi connectivity index (χ2v) is 8.82. The summed E-state index contributed by atoms with van der Waals surface area (Å²) in [6.07, 6.45) is 4.72. The van der Waals surface area contributed by atoms with Crippen molar-refractivity contribution in [2.75, 3.05) is 19.6 Å². The highest BCUT2D eigenvalue weighted by Crippen LogP contribution is 2.41. The van der Waals surface area contributed by atoms with Crippen LogP contribution in [0, 0.1) is 23.7 Å². The summed E-state index contributed by atoms with van der Waals surface area (Å²) in [5, 5.41) is 5.19. The van der Waals surface area contributed by atoms with E-state index in [0.29, 0.717) is 12.5 Å². The molecule has 0 spiro atoms. The highest BCUT2D eigenvalue weighted by Gasteiger charge is 2.40. The van der Waals surface area contributed by atoms with Crippen molar-refractivity contribution in [3.63, 3.8) is 0 Å². The molecule has 2 fully saturated rings. The molecule has 2 atom stereocenters. The fourth-order valence-corrected chi connectivity index (χ4v) is 5.17. The first-order valence-electron chi connectivity index (χ1n) is 9.13. The third-order valence-corrected chi connectivity index (χ3v) is 6.31. The van der Waals surface area contributed by atoms with Crippen LogP contribution in [-0.2, 0) is 11.3 Å². The van der Waals surface area contributed by atoms with Gasteiger partial charge >= 0.3 is 0 Å². The number of carbonyl (C=O) groups excluding carboxylic acids is 1. The summed E-state index contributed by atoms with van der Waals surface area (Å²) in [5.41, 5.74) is 0. The molecule has 2 heterocycles. The minimum Gasteiger partial charge on any atom is -0.351 e. The predicted octanol–water partition coefficient (Wildman–Crippen LogP) is 3.76. The van der Waals surface area contributed by atoms with Crippen LogP contribution in [0.25, 0.3) is 0 Å². The Morgan fingerprint density at radius 1 is 1.35 bits per heavy atom. The zero-order chi connectivity index (χ0) is 16.2. The normalized spacial score (nSPS) is 28.0. The highest BCUT2D eigenvalue weighted by molar-refractivity contribution is 7.09. The fraction of sp³-hybridized carbons (Fsp3) is 0.737. The molecule has 128 valence electrons. The Morgan fingerprint density at radius 3 is 2.70 bits per heavy atom. The van der Waals surface area contributed by atoms with E-state index in [1.807, 2.05) is 6.07 Å². The molecule has 1 aromatic heterocycles. The van der Waals surface area contributed by atoms with Crippen molar-refractivity contribution < 1.29 is 4.79 Å². The molecule has 2 bridgehead atoms. The van der Waals surface area contributed by atoms with E-state index in [9.17, 15) is 4.79 Å². The van der Waals surface area contributed by atoms with E-state index in [1.54, 1.807) is 11.3 Å². The number of thiophene rings is 1. The van der Waals surface area contributed by atoms with Gasteiger partial charge in [0, 0.05) is 30.9 Å². The summed E-state index contributed by atoms with van der Waals surface area (Å²) in [6.45, 7) is 8.93. The summed E-state index contributed by atoms with van der Waals surface area (Å²) in [5.74, 6) is 3.05. The number of nitrogens with zero attached hydrogens (tertiary/aromatic N) is 1. The molecular formula is C19H30N2OS. The van der Waals surface area contributed by atoms with Crippen molar-refractivity contribution >= 4 is 17.2 Å². The smallest absolute Gasteiger partial charge is 0.220 e. The number of rotatable bonds is 6. The standard InChI is InChI=1S/C19H30N2OS/c1-14(2)11-21-12-15-5-3-6-16(13-21)18(15)9-19(22)20-10-17-7-4-8-23-17/h4,7-8,14-16,18H,3,5-6,9-13H2,1-2H3,(H,20,22). The molecule has 1 saturated heterocycles. The number of nitrogens with one attached hydrogen (secondary N) is 1. The van der Waals surface area contributed by atoms with Gasteiger partial charge in [-0.25, -0.2) is 0 Å². The van der Waals surface area contributed by atoms with Gasteiger partial charge in [-0.1, -0.05) is 26.3 Å². The zero-order valence-electron chi connectivity index (χ0n) is 14.5. The Morgan fingerprint density at radius 2 is 2.09 bits per heavy atom. The number of carbonyl (C=O) groups is 1. The van der Waals surface area contributed by atoms with Crippen LogP contribution in [0.15, 0.2) is 17.5 Å². The molecule has 1 N–H and O–H groups in total. The van der Waals surface area contributed by atoms with E-state index in [1.165, 1.54) is 43.8 Å². The Balaban J connectivity index is 1.52. The van der Waals surface area contributed by atoms with Crippen LogP contribution in [0.3, 0.4) is 0 Å². The molecule has 3 rings (SSSR count). The van der Waals surface area contributed by atoms with Gasteiger partial charge in [0.25, 0.3) is 0 Å². The average Bonchev–Trinajstić information content (AvgIpc) is 2.98. The molecule has 1 aromatic rings. The van der Waals surface area contributed by atoms with E-state index in [0.717, 1.165) is 24.2 Å². The van der Waals surface area contributed by atoms with Crippen LogP contribution in [0.1, 0.15) is 44.4 Å². The monoisotopic (exact) mass is 334 g/mol. The van der Waals surface area contributed by atoms with Gasteiger partial charge in [0.05, 0.1) is 6.54 Å². The summed E-state index contributed by atoms with van der Waals surface area (Å²) in [4.78, 5) is 16.3. The minimum atomic E-state index is 0.248. The predicted molar refractivity (Wildman–Crippen MR) is 96.4 cm³/mol. The van der Waals surface area contributed by atoms with Gasteiger partial charge in [-0.15, -0.1) is 11.3 Å². The molecule has 2 aliphatic rings. The lowest BCUT2D eigenvalue weighted by Crippen LogP contribution is -2.50. The molecular weight excluding hydrogens is 304 g/mol. The van der Waals surface area contributed by atoms with Gasteiger partial charge in [0.1, 0.15) is 0 Å². The molecule has 1 aliphatic heterocycles. The summed E-state index contributed by atoms with van der Waals surface area (Å²) in [7, 11) is 0. The van der Waals surface area contributed by atoms with Gasteiger partial charge < -0.3 is 10.2 Å². The lowest BCUT2D eigenvalue weighted by Gasteiger charge is -2.47. The number of piperidine rings is 1. The molecule has 1 aliphatic carbocycles. The Bertz CT molecular complexity index is 485. The van der Waals surface area contributed by atoms with Gasteiger partial charge in [0.15, 0.2) is 0 Å². The van der Waals surface area contributed by atoms with Crippen molar-refractivity contribution in [3.8, 4) is 0 Å². The Kier molecular flexibility index (Phi) is 5.76. The number of hydrogen-bond acceptors (Lipinski definition) is 3. The van der Waals surface area contributed by atoms with E-state index >= 15 is 0 Å². The number of likely N-dealkylation sites (tertiary alicyclic amines) is 1. The molecule has 23 heavy (non-hydrogen) atoms. The summed E-state index contributed by atoms with van der Waals surface area (Å²) < 4.78 is 0.